The Kier molecular flexibility index (Phi) is 6.25. The lowest BCUT2D eigenvalue weighted by Gasteiger charge is -2.30. The van der Waals surface area contributed by atoms with E-state index < -0.39 is 30.4 Å². The smallest absolute Gasteiger partial charge is 0.370 e. The fraction of sp³-hybridized carbons (Fsp3) is 0.385. The minimum Gasteiger partial charge on any atom is -0.404 e. The molecule has 0 saturated carbocycles. The van der Waals surface area contributed by atoms with Crippen molar-refractivity contribution in [1.29, 1.82) is 0 Å². The molecular formula is C13H16O8. The van der Waals surface area contributed by atoms with E-state index in [1.807, 2.05) is 0 Å². The Balaban J connectivity index is 2.84. The molecule has 0 fully saturated rings. The normalized spacial score (nSPS) is 12.6. The molecule has 1 rings (SSSR count). The maximum Gasteiger partial charge on any atom is 0.370 e. The highest BCUT2D eigenvalue weighted by molar-refractivity contribution is 5.81. The predicted octanol–water partition coefficient (Wildman–Crippen LogP) is 0.400. The molecule has 8 nitrogen and oxygen atoms in total. The zero-order chi connectivity index (χ0) is 15.9. The monoisotopic (exact) mass is 300 g/mol. The van der Waals surface area contributed by atoms with E-state index in [9.17, 15) is 14.7 Å². The number of hydrogen-bond acceptors (Lipinski definition) is 8. The second-order valence-corrected chi connectivity index (χ2v) is 3.93. The van der Waals surface area contributed by atoms with Crippen molar-refractivity contribution in [2.24, 2.45) is 0 Å². The average molecular weight is 300 g/mol. The third kappa shape index (κ3) is 4.23. The first-order chi connectivity index (χ1) is 9.99. The number of carbonyl (C=O) groups is 2. The van der Waals surface area contributed by atoms with Crippen LogP contribution in [0.25, 0.3) is 0 Å². The predicted molar refractivity (Wildman–Crippen MR) is 67.6 cm³/mol. The van der Waals surface area contributed by atoms with Gasteiger partial charge in [0.2, 0.25) is 0 Å². The van der Waals surface area contributed by atoms with Crippen LogP contribution in [-0.4, -0.2) is 42.6 Å². The first-order valence-electron chi connectivity index (χ1n) is 5.90. The van der Waals surface area contributed by atoms with Crippen LogP contribution in [0.3, 0.4) is 0 Å². The van der Waals surface area contributed by atoms with Crippen LogP contribution in [0.1, 0.15) is 12.0 Å². The van der Waals surface area contributed by atoms with Gasteiger partial charge in [-0.25, -0.2) is 4.79 Å². The maximum atomic E-state index is 11.7. The number of aliphatic hydroxyl groups excluding tert-OH is 1. The number of carbonyl (C=O) groups excluding carboxylic acids is 2. The fourth-order valence-electron chi connectivity index (χ4n) is 1.60. The number of ether oxygens (including phenoxy) is 3. The van der Waals surface area contributed by atoms with Gasteiger partial charge in [0.1, 0.15) is 0 Å². The highest BCUT2D eigenvalue weighted by Crippen LogP contribution is 2.28. The van der Waals surface area contributed by atoms with Gasteiger partial charge in [-0.2, -0.15) is 5.26 Å². The van der Waals surface area contributed by atoms with Gasteiger partial charge in [-0.15, -0.1) is 0 Å². The average Bonchev–Trinajstić information content (AvgIpc) is 2.52. The third-order valence-corrected chi connectivity index (χ3v) is 2.64. The van der Waals surface area contributed by atoms with Gasteiger partial charge in [-0.05, 0) is 12.1 Å². The van der Waals surface area contributed by atoms with Gasteiger partial charge in [0, 0.05) is 14.2 Å². The molecule has 0 heterocycles. The van der Waals surface area contributed by atoms with Crippen molar-refractivity contribution in [2.45, 2.75) is 18.5 Å². The van der Waals surface area contributed by atoms with E-state index in [4.69, 9.17) is 19.5 Å². The Morgan fingerprint density at radius 1 is 1.19 bits per heavy atom. The molecule has 8 heteroatoms. The Hall–Kier alpha value is -2.00. The molecule has 0 amide bonds. The summed E-state index contributed by atoms with van der Waals surface area (Å²) in [5.74, 6) is -4.16. The molecule has 0 aliphatic carbocycles. The molecule has 1 aromatic rings. The lowest BCUT2D eigenvalue weighted by molar-refractivity contribution is -0.356. The van der Waals surface area contributed by atoms with E-state index in [1.165, 1.54) is 14.2 Å². The summed E-state index contributed by atoms with van der Waals surface area (Å²) in [6.07, 6.45) is -2.59. The summed E-state index contributed by atoms with van der Waals surface area (Å²) in [6.45, 7) is 0. The van der Waals surface area contributed by atoms with Gasteiger partial charge in [-0.1, -0.05) is 18.2 Å². The summed E-state index contributed by atoms with van der Waals surface area (Å²) in [7, 11) is 2.53. The van der Waals surface area contributed by atoms with E-state index in [0.717, 1.165) is 0 Å². The molecule has 21 heavy (non-hydrogen) atoms. The van der Waals surface area contributed by atoms with Crippen LogP contribution in [0.5, 0.6) is 0 Å². The highest BCUT2D eigenvalue weighted by atomic mass is 17.1. The number of benzene rings is 1. The Labute approximate surface area is 120 Å². The van der Waals surface area contributed by atoms with Crippen molar-refractivity contribution in [2.75, 3.05) is 14.2 Å². The molecule has 1 atom stereocenters. The topological polar surface area (TPSA) is 112 Å². The molecule has 0 aliphatic rings. The molecule has 2 N–H and O–H groups in total. The summed E-state index contributed by atoms with van der Waals surface area (Å²) < 4.78 is 15.3. The molecule has 0 aromatic heterocycles. The van der Waals surface area contributed by atoms with Crippen LogP contribution in [0.2, 0.25) is 0 Å². The quantitative estimate of drug-likeness (QED) is 0.322. The zero-order valence-corrected chi connectivity index (χ0v) is 11.5. The molecule has 1 unspecified atom stereocenters. The van der Waals surface area contributed by atoms with Gasteiger partial charge < -0.3 is 19.3 Å². The lowest BCUT2D eigenvalue weighted by atomic mass is 10.2. The Morgan fingerprint density at radius 2 is 1.76 bits per heavy atom. The Morgan fingerprint density at radius 3 is 2.24 bits per heavy atom. The maximum absolute atomic E-state index is 11.7. The number of hydrogen-bond donors (Lipinski definition) is 2. The van der Waals surface area contributed by atoms with E-state index in [-0.39, 0.29) is 0 Å². The molecule has 0 spiro atoms. The molecule has 0 saturated heterocycles. The summed E-state index contributed by atoms with van der Waals surface area (Å²) in [4.78, 5) is 25.9. The van der Waals surface area contributed by atoms with Crippen LogP contribution in [0.15, 0.2) is 30.3 Å². The second kappa shape index (κ2) is 7.70. The minimum absolute atomic E-state index is 0.405. The first-order valence-corrected chi connectivity index (χ1v) is 5.90. The molecule has 0 bridgehead atoms. The van der Waals surface area contributed by atoms with Gasteiger partial charge in [-0.3, -0.25) is 9.68 Å². The van der Waals surface area contributed by atoms with E-state index >= 15 is 0 Å². The minimum atomic E-state index is -1.86. The lowest BCUT2D eigenvalue weighted by Crippen LogP contribution is -2.38. The van der Waals surface area contributed by atoms with Gasteiger partial charge in [0.25, 0.3) is 0 Å². The molecule has 1 aromatic carbocycles. The van der Waals surface area contributed by atoms with E-state index in [0.29, 0.717) is 5.56 Å². The first kappa shape index (κ1) is 17.1. The van der Waals surface area contributed by atoms with Crippen molar-refractivity contribution in [1.82, 2.24) is 0 Å². The van der Waals surface area contributed by atoms with Gasteiger partial charge >= 0.3 is 17.9 Å². The molecule has 0 radical (unpaired) electrons. The Bertz CT molecular complexity index is 468. The summed E-state index contributed by atoms with van der Waals surface area (Å²) in [6, 6.07) is 8.35. The van der Waals surface area contributed by atoms with Crippen molar-refractivity contribution in [3.8, 4) is 0 Å². The summed E-state index contributed by atoms with van der Waals surface area (Å²) in [5.41, 5.74) is 0.405. The standard InChI is InChI=1S/C13H16O8/c1-18-13(19-2,9-6-4-3-5-7-9)20-11(15)8-10(14)12(16)21-17/h3-7,10,14,17H,8H2,1-2H3. The van der Waals surface area contributed by atoms with Crippen LogP contribution < -0.4 is 0 Å². The number of aliphatic hydroxyl groups is 1. The van der Waals surface area contributed by atoms with E-state index in [2.05, 4.69) is 4.89 Å². The molecular weight excluding hydrogens is 284 g/mol. The van der Waals surface area contributed by atoms with Crippen molar-refractivity contribution >= 4 is 11.9 Å². The fourth-order valence-corrected chi connectivity index (χ4v) is 1.60. The third-order valence-electron chi connectivity index (χ3n) is 2.64. The largest absolute Gasteiger partial charge is 0.404 e. The van der Waals surface area contributed by atoms with Gasteiger partial charge in [0.05, 0.1) is 12.0 Å². The number of rotatable bonds is 7. The molecule has 0 aliphatic heterocycles. The zero-order valence-electron chi connectivity index (χ0n) is 11.5. The second-order valence-electron chi connectivity index (χ2n) is 3.93. The highest BCUT2D eigenvalue weighted by Gasteiger charge is 2.38. The SMILES string of the molecule is COC(OC)(OC(=O)CC(O)C(=O)OO)c1ccccc1. The van der Waals surface area contributed by atoms with Crippen LogP contribution in [-0.2, 0) is 34.7 Å². The van der Waals surface area contributed by atoms with Crippen LogP contribution in [0, 0.1) is 0 Å². The number of esters is 1. The van der Waals surface area contributed by atoms with Crippen molar-refractivity contribution in [3.05, 3.63) is 35.9 Å². The van der Waals surface area contributed by atoms with Crippen molar-refractivity contribution in [3.63, 3.8) is 0 Å². The summed E-state index contributed by atoms with van der Waals surface area (Å²) in [5, 5.41) is 17.4. The van der Waals surface area contributed by atoms with Crippen molar-refractivity contribution < 1.29 is 39.1 Å². The van der Waals surface area contributed by atoms with Gasteiger partial charge in [0.15, 0.2) is 6.10 Å². The number of methoxy groups -OCH3 is 2. The summed E-state index contributed by atoms with van der Waals surface area (Å²) >= 11 is 0. The van der Waals surface area contributed by atoms with Crippen LogP contribution >= 0.6 is 0 Å². The molecule has 116 valence electrons. The van der Waals surface area contributed by atoms with E-state index in [1.54, 1.807) is 30.3 Å². The van der Waals surface area contributed by atoms with Crippen LogP contribution in [0.4, 0.5) is 0 Å².